The Hall–Kier alpha value is -1.55. The molecule has 4 heteroatoms. The van der Waals surface area contributed by atoms with Gasteiger partial charge in [-0.05, 0) is 31.5 Å². The molecule has 1 aromatic carbocycles. The lowest BCUT2D eigenvalue weighted by Gasteiger charge is -2.26. The van der Waals surface area contributed by atoms with Gasteiger partial charge < -0.3 is 9.84 Å². The van der Waals surface area contributed by atoms with Crippen molar-refractivity contribution >= 4 is 5.97 Å². The lowest BCUT2D eigenvalue weighted by molar-refractivity contribution is -0.136. The predicted molar refractivity (Wildman–Crippen MR) is 61.7 cm³/mol. The number of rotatable bonds is 5. The van der Waals surface area contributed by atoms with Crippen LogP contribution in [0.5, 0.6) is 5.75 Å². The highest BCUT2D eigenvalue weighted by atomic mass is 16.5. The van der Waals surface area contributed by atoms with Gasteiger partial charge in [-0.1, -0.05) is 12.1 Å². The van der Waals surface area contributed by atoms with E-state index in [9.17, 15) is 4.79 Å². The summed E-state index contributed by atoms with van der Waals surface area (Å²) in [6.07, 6.45) is 0. The Kier molecular flexibility index (Phi) is 3.90. The van der Waals surface area contributed by atoms with Crippen LogP contribution in [0, 0.1) is 0 Å². The largest absolute Gasteiger partial charge is 0.497 e. The average Bonchev–Trinajstić information content (AvgIpc) is 2.27. The van der Waals surface area contributed by atoms with E-state index in [1.165, 1.54) is 0 Å². The molecular weight excluding hydrogens is 206 g/mol. The fraction of sp³-hybridized carbons (Fsp3) is 0.417. The molecular formula is C12H17NO3. The van der Waals surface area contributed by atoms with Crippen LogP contribution in [0.1, 0.15) is 19.4 Å². The quantitative estimate of drug-likeness (QED) is 0.796. The normalized spacial score (nSPS) is 11.2. The third-order valence-electron chi connectivity index (χ3n) is 2.47. The van der Waals surface area contributed by atoms with E-state index in [4.69, 9.17) is 9.84 Å². The molecule has 2 N–H and O–H groups in total. The van der Waals surface area contributed by atoms with Crippen LogP contribution >= 0.6 is 0 Å². The van der Waals surface area contributed by atoms with Crippen molar-refractivity contribution < 1.29 is 14.6 Å². The Balaban J connectivity index is 2.83. The van der Waals surface area contributed by atoms with Gasteiger partial charge in [0, 0.05) is 5.54 Å². The second-order valence-corrected chi connectivity index (χ2v) is 4.10. The molecule has 0 aromatic heterocycles. The molecule has 0 heterocycles. The number of ether oxygens (including phenoxy) is 1. The average molecular weight is 223 g/mol. The molecule has 0 unspecified atom stereocenters. The maximum Gasteiger partial charge on any atom is 0.317 e. The minimum atomic E-state index is -0.865. The zero-order valence-electron chi connectivity index (χ0n) is 9.78. The molecule has 88 valence electrons. The number of carbonyl (C=O) groups is 1. The van der Waals surface area contributed by atoms with Crippen LogP contribution in [-0.2, 0) is 10.3 Å². The van der Waals surface area contributed by atoms with Crippen LogP contribution < -0.4 is 10.1 Å². The smallest absolute Gasteiger partial charge is 0.317 e. The lowest BCUT2D eigenvalue weighted by Crippen LogP contribution is -2.39. The topological polar surface area (TPSA) is 58.6 Å². The molecule has 1 rings (SSSR count). The third-order valence-corrected chi connectivity index (χ3v) is 2.47. The van der Waals surface area contributed by atoms with Gasteiger partial charge in [0.05, 0.1) is 13.7 Å². The number of aliphatic carboxylic acids is 1. The number of carboxylic acids is 1. The first-order valence-corrected chi connectivity index (χ1v) is 5.07. The Morgan fingerprint density at radius 3 is 2.75 bits per heavy atom. The molecule has 0 saturated heterocycles. The van der Waals surface area contributed by atoms with E-state index in [2.05, 4.69) is 5.32 Å². The molecule has 0 aliphatic heterocycles. The number of methoxy groups -OCH3 is 1. The molecule has 0 amide bonds. The van der Waals surface area contributed by atoms with E-state index in [0.29, 0.717) is 0 Å². The van der Waals surface area contributed by atoms with E-state index in [0.717, 1.165) is 11.3 Å². The summed E-state index contributed by atoms with van der Waals surface area (Å²) in [4.78, 5) is 10.5. The zero-order chi connectivity index (χ0) is 12.2. The van der Waals surface area contributed by atoms with Crippen LogP contribution in [0.15, 0.2) is 24.3 Å². The van der Waals surface area contributed by atoms with Gasteiger partial charge in [-0.3, -0.25) is 10.1 Å². The SMILES string of the molecule is COc1cccc(C(C)(C)NCC(=O)O)c1. The third kappa shape index (κ3) is 3.24. The van der Waals surface area contributed by atoms with E-state index in [-0.39, 0.29) is 6.54 Å². The number of hydrogen-bond donors (Lipinski definition) is 2. The summed E-state index contributed by atoms with van der Waals surface area (Å²) in [5, 5.41) is 11.6. The summed E-state index contributed by atoms with van der Waals surface area (Å²) < 4.78 is 5.13. The summed E-state index contributed by atoms with van der Waals surface area (Å²) >= 11 is 0. The molecule has 0 bridgehead atoms. The zero-order valence-corrected chi connectivity index (χ0v) is 9.78. The molecule has 0 radical (unpaired) electrons. The molecule has 0 atom stereocenters. The van der Waals surface area contributed by atoms with Gasteiger partial charge in [-0.25, -0.2) is 0 Å². The molecule has 0 spiro atoms. The van der Waals surface area contributed by atoms with E-state index >= 15 is 0 Å². The van der Waals surface area contributed by atoms with Gasteiger partial charge in [0.25, 0.3) is 0 Å². The lowest BCUT2D eigenvalue weighted by atomic mass is 9.94. The van der Waals surface area contributed by atoms with Crippen LogP contribution in [0.25, 0.3) is 0 Å². The van der Waals surface area contributed by atoms with E-state index < -0.39 is 11.5 Å². The first kappa shape index (κ1) is 12.5. The van der Waals surface area contributed by atoms with Gasteiger partial charge in [-0.15, -0.1) is 0 Å². The number of carboxylic acid groups (broad SMARTS) is 1. The highest BCUT2D eigenvalue weighted by Crippen LogP contribution is 2.23. The minimum absolute atomic E-state index is 0.0653. The molecule has 1 aromatic rings. The van der Waals surface area contributed by atoms with Crippen molar-refractivity contribution in [1.29, 1.82) is 0 Å². The van der Waals surface area contributed by atoms with E-state index in [1.54, 1.807) is 7.11 Å². The fourth-order valence-electron chi connectivity index (χ4n) is 1.41. The molecule has 0 fully saturated rings. The van der Waals surface area contributed by atoms with E-state index in [1.807, 2.05) is 38.1 Å². The molecule has 0 saturated carbocycles. The highest BCUT2D eigenvalue weighted by Gasteiger charge is 2.20. The van der Waals surface area contributed by atoms with Crippen LogP contribution in [0.2, 0.25) is 0 Å². The van der Waals surface area contributed by atoms with Crippen molar-refractivity contribution in [2.45, 2.75) is 19.4 Å². The van der Waals surface area contributed by atoms with Crippen LogP contribution in [-0.4, -0.2) is 24.7 Å². The highest BCUT2D eigenvalue weighted by molar-refractivity contribution is 5.69. The van der Waals surface area contributed by atoms with Crippen molar-refractivity contribution in [3.05, 3.63) is 29.8 Å². The number of nitrogens with one attached hydrogen (secondary N) is 1. The summed E-state index contributed by atoms with van der Waals surface area (Å²) in [7, 11) is 1.61. The predicted octanol–water partition coefficient (Wildman–Crippen LogP) is 1.60. The van der Waals surface area contributed by atoms with Gasteiger partial charge in [0.2, 0.25) is 0 Å². The van der Waals surface area contributed by atoms with Crippen molar-refractivity contribution in [2.24, 2.45) is 0 Å². The van der Waals surface area contributed by atoms with Crippen molar-refractivity contribution in [3.8, 4) is 5.75 Å². The Morgan fingerprint density at radius 1 is 1.50 bits per heavy atom. The van der Waals surface area contributed by atoms with Gasteiger partial charge in [-0.2, -0.15) is 0 Å². The van der Waals surface area contributed by atoms with Gasteiger partial charge in [0.15, 0.2) is 0 Å². The summed E-state index contributed by atoms with van der Waals surface area (Å²) in [5.74, 6) is -0.0985. The summed E-state index contributed by atoms with van der Waals surface area (Å²) in [6, 6.07) is 7.58. The maximum absolute atomic E-state index is 10.5. The second-order valence-electron chi connectivity index (χ2n) is 4.10. The standard InChI is InChI=1S/C12H17NO3/c1-12(2,13-8-11(14)15)9-5-4-6-10(7-9)16-3/h4-7,13H,8H2,1-3H3,(H,14,15). The van der Waals surface area contributed by atoms with Crippen molar-refractivity contribution in [3.63, 3.8) is 0 Å². The van der Waals surface area contributed by atoms with Crippen molar-refractivity contribution in [2.75, 3.05) is 13.7 Å². The minimum Gasteiger partial charge on any atom is -0.497 e. The summed E-state index contributed by atoms with van der Waals surface area (Å²) in [6.45, 7) is 3.81. The monoisotopic (exact) mass is 223 g/mol. The first-order valence-electron chi connectivity index (χ1n) is 5.07. The Bertz CT molecular complexity index is 374. The molecule has 4 nitrogen and oxygen atoms in total. The first-order chi connectivity index (χ1) is 7.45. The maximum atomic E-state index is 10.5. The Labute approximate surface area is 95.2 Å². The molecule has 16 heavy (non-hydrogen) atoms. The van der Waals surface area contributed by atoms with Crippen LogP contribution in [0.4, 0.5) is 0 Å². The Morgan fingerprint density at radius 2 is 2.19 bits per heavy atom. The fourth-order valence-corrected chi connectivity index (χ4v) is 1.41. The number of hydrogen-bond acceptors (Lipinski definition) is 3. The van der Waals surface area contributed by atoms with Crippen molar-refractivity contribution in [1.82, 2.24) is 5.32 Å². The molecule has 0 aliphatic carbocycles. The van der Waals surface area contributed by atoms with Gasteiger partial charge >= 0.3 is 5.97 Å². The van der Waals surface area contributed by atoms with Crippen LogP contribution in [0.3, 0.4) is 0 Å². The summed E-state index contributed by atoms with van der Waals surface area (Å²) in [5.41, 5.74) is 0.598. The van der Waals surface area contributed by atoms with Gasteiger partial charge in [0.1, 0.15) is 5.75 Å². The number of benzene rings is 1. The second kappa shape index (κ2) is 4.99. The molecule has 0 aliphatic rings.